The zero-order valence-corrected chi connectivity index (χ0v) is 11.3. The number of nitrogens with one attached hydrogen (secondary N) is 2. The predicted octanol–water partition coefficient (Wildman–Crippen LogP) is -0.385. The molecule has 0 aromatic carbocycles. The van der Waals surface area contributed by atoms with E-state index < -0.39 is 0 Å². The summed E-state index contributed by atoms with van der Waals surface area (Å²) in [6.45, 7) is 4.57. The van der Waals surface area contributed by atoms with Gasteiger partial charge in [-0.1, -0.05) is 0 Å². The molecule has 1 aliphatic rings. The molecule has 1 unspecified atom stereocenters. The standard InChI is InChI=1S/C13H20N4O2/c1-9-3-4-12(18)10(16-9)8-17-6-5-15-7-11(17)13(19)14-2/h3-4,11,15,18H,5-8H2,1-2H3,(H,14,19). The maximum absolute atomic E-state index is 11.8. The van der Waals surface area contributed by atoms with Crippen molar-refractivity contribution >= 4 is 5.91 Å². The number of hydrogen-bond donors (Lipinski definition) is 3. The van der Waals surface area contributed by atoms with Crippen LogP contribution in [0, 0.1) is 6.92 Å². The Hall–Kier alpha value is -1.66. The quantitative estimate of drug-likeness (QED) is 0.693. The molecule has 19 heavy (non-hydrogen) atoms. The Morgan fingerprint density at radius 3 is 3.16 bits per heavy atom. The van der Waals surface area contributed by atoms with Gasteiger partial charge in [-0.3, -0.25) is 14.7 Å². The van der Waals surface area contributed by atoms with E-state index in [1.165, 1.54) is 0 Å². The van der Waals surface area contributed by atoms with E-state index in [2.05, 4.69) is 15.6 Å². The monoisotopic (exact) mass is 264 g/mol. The van der Waals surface area contributed by atoms with Gasteiger partial charge in [-0.2, -0.15) is 0 Å². The molecular weight excluding hydrogens is 244 g/mol. The van der Waals surface area contributed by atoms with Gasteiger partial charge < -0.3 is 15.7 Å². The molecule has 0 spiro atoms. The number of aryl methyl sites for hydroxylation is 1. The van der Waals surface area contributed by atoms with Crippen LogP contribution >= 0.6 is 0 Å². The van der Waals surface area contributed by atoms with Gasteiger partial charge in [-0.15, -0.1) is 0 Å². The van der Waals surface area contributed by atoms with Crippen LogP contribution in [-0.2, 0) is 11.3 Å². The average molecular weight is 264 g/mol. The molecule has 1 aromatic heterocycles. The minimum atomic E-state index is -0.222. The van der Waals surface area contributed by atoms with Crippen LogP contribution in [0.15, 0.2) is 12.1 Å². The summed E-state index contributed by atoms with van der Waals surface area (Å²) in [5.41, 5.74) is 1.48. The number of hydrogen-bond acceptors (Lipinski definition) is 5. The van der Waals surface area contributed by atoms with Crippen molar-refractivity contribution in [3.05, 3.63) is 23.5 Å². The second-order valence-electron chi connectivity index (χ2n) is 4.72. The normalized spacial score (nSPS) is 20.2. The fraction of sp³-hybridized carbons (Fsp3) is 0.538. The minimum absolute atomic E-state index is 0.0145. The van der Waals surface area contributed by atoms with Crippen molar-refractivity contribution < 1.29 is 9.90 Å². The van der Waals surface area contributed by atoms with Crippen LogP contribution in [0.3, 0.4) is 0 Å². The molecule has 0 saturated carbocycles. The van der Waals surface area contributed by atoms with Crippen molar-refractivity contribution in [3.63, 3.8) is 0 Å². The Bertz CT molecular complexity index is 464. The Morgan fingerprint density at radius 1 is 1.63 bits per heavy atom. The van der Waals surface area contributed by atoms with E-state index in [1.807, 2.05) is 11.8 Å². The number of aromatic hydroxyl groups is 1. The molecule has 104 valence electrons. The molecule has 6 heteroatoms. The van der Waals surface area contributed by atoms with Crippen molar-refractivity contribution in [2.24, 2.45) is 0 Å². The first kappa shape index (κ1) is 13.8. The number of piperazine rings is 1. The molecular formula is C13H20N4O2. The number of carbonyl (C=O) groups is 1. The van der Waals surface area contributed by atoms with E-state index in [4.69, 9.17) is 0 Å². The SMILES string of the molecule is CNC(=O)C1CNCCN1Cc1nc(C)ccc1O. The number of pyridine rings is 1. The second-order valence-corrected chi connectivity index (χ2v) is 4.72. The molecule has 0 radical (unpaired) electrons. The van der Waals surface area contributed by atoms with Crippen LogP contribution in [0.4, 0.5) is 0 Å². The molecule has 6 nitrogen and oxygen atoms in total. The van der Waals surface area contributed by atoms with Gasteiger partial charge in [0.1, 0.15) is 11.8 Å². The summed E-state index contributed by atoms with van der Waals surface area (Å²) in [4.78, 5) is 18.2. The first-order valence-electron chi connectivity index (χ1n) is 6.43. The molecule has 3 N–H and O–H groups in total. The Kier molecular flexibility index (Phi) is 4.34. The fourth-order valence-corrected chi connectivity index (χ4v) is 2.27. The number of nitrogens with zero attached hydrogens (tertiary/aromatic N) is 2. The van der Waals surface area contributed by atoms with Gasteiger partial charge in [-0.05, 0) is 19.1 Å². The molecule has 0 aliphatic carbocycles. The van der Waals surface area contributed by atoms with Crippen LogP contribution < -0.4 is 10.6 Å². The highest BCUT2D eigenvalue weighted by Gasteiger charge is 2.28. The highest BCUT2D eigenvalue weighted by atomic mass is 16.3. The van der Waals surface area contributed by atoms with E-state index in [-0.39, 0.29) is 17.7 Å². The summed E-state index contributed by atoms with van der Waals surface area (Å²) in [6.07, 6.45) is 0. The summed E-state index contributed by atoms with van der Waals surface area (Å²) in [6, 6.07) is 3.20. The maximum atomic E-state index is 11.8. The minimum Gasteiger partial charge on any atom is -0.506 e. The molecule has 1 saturated heterocycles. The topological polar surface area (TPSA) is 77.5 Å². The summed E-state index contributed by atoms with van der Waals surface area (Å²) in [5, 5.41) is 15.7. The maximum Gasteiger partial charge on any atom is 0.238 e. The lowest BCUT2D eigenvalue weighted by Crippen LogP contribution is -2.56. The van der Waals surface area contributed by atoms with Crippen LogP contribution in [-0.4, -0.2) is 53.6 Å². The van der Waals surface area contributed by atoms with Gasteiger partial charge in [-0.25, -0.2) is 0 Å². The Labute approximate surface area is 112 Å². The molecule has 2 heterocycles. The molecule has 2 rings (SSSR count). The van der Waals surface area contributed by atoms with Crippen molar-refractivity contribution in [1.82, 2.24) is 20.5 Å². The summed E-state index contributed by atoms with van der Waals surface area (Å²) >= 11 is 0. The van der Waals surface area contributed by atoms with Crippen LogP contribution in [0.1, 0.15) is 11.4 Å². The molecule has 0 bridgehead atoms. The molecule has 1 amide bonds. The predicted molar refractivity (Wildman–Crippen MR) is 71.8 cm³/mol. The van der Waals surface area contributed by atoms with E-state index in [0.29, 0.717) is 18.8 Å². The van der Waals surface area contributed by atoms with Gasteiger partial charge in [0.25, 0.3) is 0 Å². The second kappa shape index (κ2) is 5.99. The summed E-state index contributed by atoms with van der Waals surface area (Å²) < 4.78 is 0. The van der Waals surface area contributed by atoms with Crippen molar-refractivity contribution in [2.45, 2.75) is 19.5 Å². The summed E-state index contributed by atoms with van der Waals surface area (Å²) in [7, 11) is 1.64. The average Bonchev–Trinajstić information content (AvgIpc) is 2.42. The smallest absolute Gasteiger partial charge is 0.238 e. The lowest BCUT2D eigenvalue weighted by Gasteiger charge is -2.34. The van der Waals surface area contributed by atoms with Gasteiger partial charge in [0.15, 0.2) is 0 Å². The third-order valence-electron chi connectivity index (χ3n) is 3.35. The van der Waals surface area contributed by atoms with Gasteiger partial charge in [0, 0.05) is 38.9 Å². The number of likely N-dealkylation sites (N-methyl/N-ethyl adjacent to an activating group) is 1. The van der Waals surface area contributed by atoms with Crippen LogP contribution in [0.2, 0.25) is 0 Å². The van der Waals surface area contributed by atoms with E-state index in [1.54, 1.807) is 19.2 Å². The van der Waals surface area contributed by atoms with Crippen molar-refractivity contribution in [1.29, 1.82) is 0 Å². The lowest BCUT2D eigenvalue weighted by atomic mass is 10.1. The third kappa shape index (κ3) is 3.21. The van der Waals surface area contributed by atoms with E-state index in [0.717, 1.165) is 18.8 Å². The highest BCUT2D eigenvalue weighted by Crippen LogP contribution is 2.18. The van der Waals surface area contributed by atoms with Crippen molar-refractivity contribution in [2.75, 3.05) is 26.7 Å². The number of carbonyl (C=O) groups excluding carboxylic acids is 1. The molecule has 1 fully saturated rings. The highest BCUT2D eigenvalue weighted by molar-refractivity contribution is 5.81. The largest absolute Gasteiger partial charge is 0.506 e. The Balaban J connectivity index is 2.15. The fourth-order valence-electron chi connectivity index (χ4n) is 2.27. The van der Waals surface area contributed by atoms with Gasteiger partial charge in [0.05, 0.1) is 5.69 Å². The third-order valence-corrected chi connectivity index (χ3v) is 3.35. The van der Waals surface area contributed by atoms with Crippen LogP contribution in [0.25, 0.3) is 0 Å². The first-order valence-corrected chi connectivity index (χ1v) is 6.43. The van der Waals surface area contributed by atoms with Gasteiger partial charge >= 0.3 is 0 Å². The van der Waals surface area contributed by atoms with Crippen molar-refractivity contribution in [3.8, 4) is 5.75 Å². The summed E-state index contributed by atoms with van der Waals surface area (Å²) in [5.74, 6) is 0.166. The van der Waals surface area contributed by atoms with Gasteiger partial charge in [0.2, 0.25) is 5.91 Å². The molecule has 1 aliphatic heterocycles. The lowest BCUT2D eigenvalue weighted by molar-refractivity contribution is -0.126. The number of amides is 1. The zero-order valence-electron chi connectivity index (χ0n) is 11.3. The Morgan fingerprint density at radius 2 is 2.42 bits per heavy atom. The van der Waals surface area contributed by atoms with Crippen LogP contribution in [0.5, 0.6) is 5.75 Å². The van der Waals surface area contributed by atoms with E-state index >= 15 is 0 Å². The van der Waals surface area contributed by atoms with E-state index in [9.17, 15) is 9.90 Å². The number of aromatic nitrogens is 1. The first-order chi connectivity index (χ1) is 9.11. The number of rotatable bonds is 3. The molecule has 1 aromatic rings. The molecule has 1 atom stereocenters. The zero-order chi connectivity index (χ0) is 13.8.